The molecule has 0 bridgehead atoms. The second-order valence-corrected chi connectivity index (χ2v) is 8.58. The molecule has 0 heterocycles. The van der Waals surface area contributed by atoms with Crippen molar-refractivity contribution in [1.29, 1.82) is 0 Å². The third-order valence-electron chi connectivity index (χ3n) is 5.17. The predicted molar refractivity (Wildman–Crippen MR) is 91.1 cm³/mol. The molecule has 0 spiro atoms. The van der Waals surface area contributed by atoms with E-state index in [-0.39, 0.29) is 6.04 Å². The van der Waals surface area contributed by atoms with Crippen molar-refractivity contribution in [2.75, 3.05) is 20.3 Å². The number of aryl methyl sites for hydroxylation is 2. The van der Waals surface area contributed by atoms with Crippen LogP contribution in [0, 0.1) is 0 Å². The van der Waals surface area contributed by atoms with Crippen LogP contribution in [-0.2, 0) is 27.6 Å². The lowest BCUT2D eigenvalue weighted by molar-refractivity contribution is 0.166. The normalized spacial score (nSPS) is 19.2. The van der Waals surface area contributed by atoms with Gasteiger partial charge in [0.25, 0.3) is 0 Å². The van der Waals surface area contributed by atoms with Gasteiger partial charge in [0.2, 0.25) is 10.0 Å². The van der Waals surface area contributed by atoms with E-state index < -0.39 is 10.0 Å². The molecule has 1 saturated carbocycles. The summed E-state index contributed by atoms with van der Waals surface area (Å²) in [5.74, 6) is 0. The minimum absolute atomic E-state index is 0.131. The molecule has 0 radical (unpaired) electrons. The number of nitrogens with zero attached hydrogens (tertiary/aromatic N) is 1. The zero-order valence-electron chi connectivity index (χ0n) is 14.0. The van der Waals surface area contributed by atoms with Crippen LogP contribution < -0.4 is 0 Å². The summed E-state index contributed by atoms with van der Waals surface area (Å²) >= 11 is 0. The maximum atomic E-state index is 13.2. The minimum atomic E-state index is -3.44. The molecule has 0 atom stereocenters. The van der Waals surface area contributed by atoms with E-state index in [1.54, 1.807) is 17.5 Å². The van der Waals surface area contributed by atoms with Crippen LogP contribution in [0.2, 0.25) is 0 Å². The van der Waals surface area contributed by atoms with Gasteiger partial charge < -0.3 is 4.74 Å². The highest BCUT2D eigenvalue weighted by molar-refractivity contribution is 7.89. The third kappa shape index (κ3) is 3.62. The predicted octanol–water partition coefficient (Wildman–Crippen LogP) is 3.15. The van der Waals surface area contributed by atoms with E-state index in [0.29, 0.717) is 18.0 Å². The highest BCUT2D eigenvalue weighted by Gasteiger charge is 2.33. The number of benzene rings is 1. The summed E-state index contributed by atoms with van der Waals surface area (Å²) in [4.78, 5) is 0.459. The fourth-order valence-corrected chi connectivity index (χ4v) is 5.60. The fraction of sp³-hybridized carbons (Fsp3) is 0.667. The van der Waals surface area contributed by atoms with Gasteiger partial charge >= 0.3 is 0 Å². The van der Waals surface area contributed by atoms with E-state index in [2.05, 4.69) is 0 Å². The topological polar surface area (TPSA) is 46.6 Å². The smallest absolute Gasteiger partial charge is 0.243 e. The first kappa shape index (κ1) is 16.9. The average molecular weight is 337 g/mol. The SMILES string of the molecule is COCCN(C1CCCC1)S(=O)(=O)c1ccc2c(c1)CCCC2. The Labute approximate surface area is 139 Å². The number of ether oxygens (including phenoxy) is 1. The van der Waals surface area contributed by atoms with Crippen molar-refractivity contribution in [1.82, 2.24) is 4.31 Å². The molecular weight excluding hydrogens is 310 g/mol. The van der Waals surface area contributed by atoms with Gasteiger partial charge in [0.05, 0.1) is 11.5 Å². The van der Waals surface area contributed by atoms with Gasteiger partial charge in [-0.2, -0.15) is 4.31 Å². The average Bonchev–Trinajstić information content (AvgIpc) is 3.08. The molecule has 0 saturated heterocycles. The molecule has 0 amide bonds. The van der Waals surface area contributed by atoms with E-state index in [1.807, 2.05) is 12.1 Å². The summed E-state index contributed by atoms with van der Waals surface area (Å²) < 4.78 is 33.2. The lowest BCUT2D eigenvalue weighted by Crippen LogP contribution is -2.41. The van der Waals surface area contributed by atoms with E-state index in [0.717, 1.165) is 44.9 Å². The Bertz CT molecular complexity index is 636. The Morgan fingerprint density at radius 2 is 1.78 bits per heavy atom. The van der Waals surface area contributed by atoms with Crippen LogP contribution in [0.3, 0.4) is 0 Å². The first-order chi connectivity index (χ1) is 11.1. The van der Waals surface area contributed by atoms with E-state index in [9.17, 15) is 8.42 Å². The first-order valence-electron chi connectivity index (χ1n) is 8.75. The molecule has 1 aromatic rings. The Hall–Kier alpha value is -0.910. The van der Waals surface area contributed by atoms with Crippen LogP contribution in [-0.4, -0.2) is 39.0 Å². The molecule has 23 heavy (non-hydrogen) atoms. The molecule has 0 aliphatic heterocycles. The molecular formula is C18H27NO3S. The molecule has 128 valence electrons. The molecule has 1 fully saturated rings. The Balaban J connectivity index is 1.90. The van der Waals surface area contributed by atoms with Crippen molar-refractivity contribution in [2.24, 2.45) is 0 Å². The number of hydrogen-bond acceptors (Lipinski definition) is 3. The molecule has 3 rings (SSSR count). The van der Waals surface area contributed by atoms with Crippen LogP contribution in [0.25, 0.3) is 0 Å². The monoisotopic (exact) mass is 337 g/mol. The van der Waals surface area contributed by atoms with Gasteiger partial charge in [-0.15, -0.1) is 0 Å². The van der Waals surface area contributed by atoms with Gasteiger partial charge in [-0.05, 0) is 61.8 Å². The highest BCUT2D eigenvalue weighted by atomic mass is 32.2. The number of hydrogen-bond donors (Lipinski definition) is 0. The first-order valence-corrected chi connectivity index (χ1v) is 10.2. The van der Waals surface area contributed by atoms with Crippen molar-refractivity contribution in [3.63, 3.8) is 0 Å². The highest BCUT2D eigenvalue weighted by Crippen LogP contribution is 2.30. The van der Waals surface area contributed by atoms with Crippen molar-refractivity contribution in [2.45, 2.75) is 62.3 Å². The number of rotatable bonds is 6. The summed E-state index contributed by atoms with van der Waals surface area (Å²) in [5.41, 5.74) is 2.54. The summed E-state index contributed by atoms with van der Waals surface area (Å²) in [6.45, 7) is 0.890. The van der Waals surface area contributed by atoms with Gasteiger partial charge in [-0.1, -0.05) is 18.9 Å². The second kappa shape index (κ2) is 7.32. The zero-order valence-corrected chi connectivity index (χ0v) is 14.8. The van der Waals surface area contributed by atoms with Crippen LogP contribution >= 0.6 is 0 Å². The van der Waals surface area contributed by atoms with Gasteiger partial charge in [0.15, 0.2) is 0 Å². The summed E-state index contributed by atoms with van der Waals surface area (Å²) in [7, 11) is -1.81. The van der Waals surface area contributed by atoms with E-state index in [4.69, 9.17) is 4.74 Å². The van der Waals surface area contributed by atoms with Crippen LogP contribution in [0.1, 0.15) is 49.7 Å². The maximum absolute atomic E-state index is 13.2. The minimum Gasteiger partial charge on any atom is -0.383 e. The third-order valence-corrected chi connectivity index (χ3v) is 7.12. The number of sulfonamides is 1. The molecule has 1 aromatic carbocycles. The zero-order chi connectivity index (χ0) is 16.3. The largest absolute Gasteiger partial charge is 0.383 e. The number of methoxy groups -OCH3 is 1. The van der Waals surface area contributed by atoms with Crippen LogP contribution in [0.4, 0.5) is 0 Å². The Morgan fingerprint density at radius 1 is 1.09 bits per heavy atom. The number of fused-ring (bicyclic) bond motifs is 1. The van der Waals surface area contributed by atoms with Crippen LogP contribution in [0.5, 0.6) is 0 Å². The maximum Gasteiger partial charge on any atom is 0.243 e. The van der Waals surface area contributed by atoms with Gasteiger partial charge in [0, 0.05) is 19.7 Å². The van der Waals surface area contributed by atoms with Gasteiger partial charge in [0.1, 0.15) is 0 Å². The molecule has 0 unspecified atom stereocenters. The molecule has 2 aliphatic rings. The summed E-state index contributed by atoms with van der Waals surface area (Å²) in [6.07, 6.45) is 8.61. The molecule has 0 N–H and O–H groups in total. The van der Waals surface area contributed by atoms with Crippen molar-refractivity contribution in [3.8, 4) is 0 Å². The molecule has 4 nitrogen and oxygen atoms in total. The Kier molecular flexibility index (Phi) is 5.39. The van der Waals surface area contributed by atoms with E-state index in [1.165, 1.54) is 17.5 Å². The van der Waals surface area contributed by atoms with Crippen LogP contribution in [0.15, 0.2) is 23.1 Å². The quantitative estimate of drug-likeness (QED) is 0.801. The molecule has 2 aliphatic carbocycles. The fourth-order valence-electron chi connectivity index (χ4n) is 3.88. The second-order valence-electron chi connectivity index (χ2n) is 6.68. The van der Waals surface area contributed by atoms with E-state index >= 15 is 0 Å². The molecule has 0 aromatic heterocycles. The van der Waals surface area contributed by atoms with Crippen molar-refractivity contribution >= 4 is 10.0 Å². The lowest BCUT2D eigenvalue weighted by atomic mass is 9.92. The summed E-state index contributed by atoms with van der Waals surface area (Å²) in [6, 6.07) is 5.86. The van der Waals surface area contributed by atoms with Crippen molar-refractivity contribution < 1.29 is 13.2 Å². The molecule has 5 heteroatoms. The van der Waals surface area contributed by atoms with Gasteiger partial charge in [-0.3, -0.25) is 0 Å². The van der Waals surface area contributed by atoms with Gasteiger partial charge in [-0.25, -0.2) is 8.42 Å². The van der Waals surface area contributed by atoms with Crippen molar-refractivity contribution in [3.05, 3.63) is 29.3 Å². The lowest BCUT2D eigenvalue weighted by Gasteiger charge is -2.28. The standard InChI is InChI=1S/C18H27NO3S/c1-22-13-12-19(17-8-4-5-9-17)23(20,21)18-11-10-15-6-2-3-7-16(15)14-18/h10-11,14,17H,2-9,12-13H2,1H3. The summed E-state index contributed by atoms with van der Waals surface area (Å²) in [5, 5.41) is 0. The Morgan fingerprint density at radius 3 is 2.48 bits per heavy atom.